The lowest BCUT2D eigenvalue weighted by Crippen LogP contribution is -2.59. The summed E-state index contributed by atoms with van der Waals surface area (Å²) >= 11 is 0. The number of hydrogen-bond acceptors (Lipinski definition) is 8. The molecule has 36 heavy (non-hydrogen) atoms. The van der Waals surface area contributed by atoms with Crippen molar-refractivity contribution in [1.82, 2.24) is 4.90 Å². The highest BCUT2D eigenvalue weighted by Gasteiger charge is 2.62. The van der Waals surface area contributed by atoms with Gasteiger partial charge < -0.3 is 25.5 Å². The van der Waals surface area contributed by atoms with Crippen molar-refractivity contribution >= 4 is 22.1 Å². The van der Waals surface area contributed by atoms with Gasteiger partial charge in [-0.2, -0.15) is 8.42 Å². The average Bonchev–Trinajstić information content (AvgIpc) is 2.77. The van der Waals surface area contributed by atoms with Gasteiger partial charge in [-0.15, -0.1) is 0 Å². The third-order valence-electron chi connectivity index (χ3n) is 6.47. The van der Waals surface area contributed by atoms with Crippen molar-refractivity contribution in [3.8, 4) is 0 Å². The summed E-state index contributed by atoms with van der Waals surface area (Å²) in [5, 5.41) is 43.0. The second kappa shape index (κ2) is 19.8. The summed E-state index contributed by atoms with van der Waals surface area (Å²) in [6, 6.07) is 0. The zero-order valence-electron chi connectivity index (χ0n) is 22.3. The molecule has 216 valence electrons. The van der Waals surface area contributed by atoms with Crippen molar-refractivity contribution in [2.75, 3.05) is 39.5 Å². The Labute approximate surface area is 216 Å². The molecule has 0 radical (unpaired) electrons. The third kappa shape index (κ3) is 11.4. The van der Waals surface area contributed by atoms with Crippen molar-refractivity contribution in [3.05, 3.63) is 0 Å². The number of aliphatic hydroxyl groups excluding tert-OH is 3. The fourth-order valence-electron chi connectivity index (χ4n) is 5.20. The molecule has 0 aromatic rings. The first-order valence-corrected chi connectivity index (χ1v) is 14.4. The van der Waals surface area contributed by atoms with Crippen LogP contribution in [-0.4, -0.2) is 100 Å². The molecule has 0 fully saturated rings. The minimum absolute atomic E-state index is 0.0694. The Morgan fingerprint density at radius 1 is 0.722 bits per heavy atom. The van der Waals surface area contributed by atoms with Crippen LogP contribution < -0.4 is 0 Å². The van der Waals surface area contributed by atoms with Crippen molar-refractivity contribution in [2.24, 2.45) is 17.3 Å². The average molecular weight is 544 g/mol. The molecular formula is C24H49NO10S. The van der Waals surface area contributed by atoms with Gasteiger partial charge in [-0.1, -0.05) is 53.4 Å². The molecule has 0 aromatic heterocycles. The van der Waals surface area contributed by atoms with E-state index in [0.29, 0.717) is 71.0 Å². The Morgan fingerprint density at radius 3 is 1.19 bits per heavy atom. The smallest absolute Gasteiger partial charge is 0.325 e. The van der Waals surface area contributed by atoms with Crippen LogP contribution in [-0.2, 0) is 19.7 Å². The van der Waals surface area contributed by atoms with Crippen LogP contribution in [0, 0.1) is 17.3 Å². The lowest BCUT2D eigenvalue weighted by Gasteiger charge is -2.45. The van der Waals surface area contributed by atoms with Crippen molar-refractivity contribution < 1.29 is 48.1 Å². The van der Waals surface area contributed by atoms with Crippen molar-refractivity contribution in [2.45, 2.75) is 84.3 Å². The number of rotatable bonds is 20. The lowest BCUT2D eigenvalue weighted by atomic mass is 9.59. The van der Waals surface area contributed by atoms with Crippen LogP contribution in [0.15, 0.2) is 0 Å². The minimum atomic E-state index is -5.11. The molecule has 0 amide bonds. The molecule has 0 aromatic carbocycles. The van der Waals surface area contributed by atoms with Gasteiger partial charge in [-0.05, 0) is 37.5 Å². The van der Waals surface area contributed by atoms with E-state index in [1.54, 1.807) is 4.90 Å². The molecule has 12 heteroatoms. The summed E-state index contributed by atoms with van der Waals surface area (Å²) in [6.07, 6.45) is 3.97. The Balaban J connectivity index is 0. The number of nitrogens with zero attached hydrogens (tertiary/aromatic N) is 1. The minimum Gasteiger partial charge on any atom is -0.481 e. The number of aliphatic hydroxyl groups is 3. The number of carboxylic acid groups (broad SMARTS) is 2. The highest BCUT2D eigenvalue weighted by Crippen LogP contribution is 2.50. The largest absolute Gasteiger partial charge is 0.481 e. The predicted molar refractivity (Wildman–Crippen MR) is 137 cm³/mol. The first kappa shape index (κ1) is 36.8. The Bertz CT molecular complexity index is 659. The maximum Gasteiger partial charge on any atom is 0.325 e. The van der Waals surface area contributed by atoms with E-state index in [9.17, 15) is 32.8 Å². The van der Waals surface area contributed by atoms with Crippen molar-refractivity contribution in [3.63, 3.8) is 0 Å². The van der Waals surface area contributed by atoms with Crippen LogP contribution in [0.1, 0.15) is 79.1 Å². The van der Waals surface area contributed by atoms with Gasteiger partial charge in [-0.25, -0.2) is 0 Å². The molecule has 0 aliphatic heterocycles. The maximum absolute atomic E-state index is 12.6. The normalized spacial score (nSPS) is 13.1. The molecule has 0 saturated heterocycles. The second-order valence-electron chi connectivity index (χ2n) is 9.03. The van der Waals surface area contributed by atoms with E-state index in [2.05, 4.69) is 0 Å². The van der Waals surface area contributed by atoms with Crippen LogP contribution in [0.25, 0.3) is 0 Å². The number of carbonyl (C=O) groups is 2. The molecule has 6 N–H and O–H groups in total. The summed E-state index contributed by atoms with van der Waals surface area (Å²) in [6.45, 7) is 9.17. The summed E-state index contributed by atoms with van der Waals surface area (Å²) in [7, 11) is -5.11. The van der Waals surface area contributed by atoms with Gasteiger partial charge in [0.05, 0.1) is 19.8 Å². The SMILES string of the molecule is CCCC(CCC)C(C(=O)O)(C(CCC)CCC)C(C(=O)O)S(=O)(=O)O.OCCN(CCO)CCO. The molecule has 0 saturated carbocycles. The Kier molecular flexibility index (Phi) is 20.2. The van der Waals surface area contributed by atoms with Crippen LogP contribution in [0.4, 0.5) is 0 Å². The predicted octanol–water partition coefficient (Wildman–Crippen LogP) is 2.10. The number of carboxylic acids is 2. The molecule has 0 bridgehead atoms. The second-order valence-corrected chi connectivity index (χ2v) is 10.5. The van der Waals surface area contributed by atoms with Gasteiger partial charge >= 0.3 is 11.9 Å². The molecule has 1 atom stereocenters. The third-order valence-corrected chi connectivity index (χ3v) is 7.66. The lowest BCUT2D eigenvalue weighted by molar-refractivity contribution is -0.165. The van der Waals surface area contributed by atoms with Crippen LogP contribution in [0.5, 0.6) is 0 Å². The van der Waals surface area contributed by atoms with Gasteiger partial charge in [0.15, 0.2) is 5.25 Å². The van der Waals surface area contributed by atoms with E-state index in [1.165, 1.54) is 0 Å². The molecule has 0 aliphatic carbocycles. The van der Waals surface area contributed by atoms with Gasteiger partial charge in [0.1, 0.15) is 5.41 Å². The fraction of sp³-hybridized carbons (Fsp3) is 0.917. The first-order valence-electron chi connectivity index (χ1n) is 12.9. The number of aliphatic carboxylic acids is 2. The zero-order valence-corrected chi connectivity index (χ0v) is 23.1. The summed E-state index contributed by atoms with van der Waals surface area (Å²) in [5.41, 5.74) is -2.06. The fourth-order valence-corrected chi connectivity index (χ4v) is 6.43. The van der Waals surface area contributed by atoms with Crippen molar-refractivity contribution in [1.29, 1.82) is 0 Å². The van der Waals surface area contributed by atoms with E-state index in [1.807, 2.05) is 27.7 Å². The maximum atomic E-state index is 12.6. The monoisotopic (exact) mass is 543 g/mol. The molecule has 0 rings (SSSR count). The Hall–Kier alpha value is -1.31. The van der Waals surface area contributed by atoms with E-state index >= 15 is 0 Å². The van der Waals surface area contributed by atoms with E-state index in [-0.39, 0.29) is 19.8 Å². The van der Waals surface area contributed by atoms with Crippen LogP contribution >= 0.6 is 0 Å². The van der Waals surface area contributed by atoms with Gasteiger partial charge in [-0.3, -0.25) is 19.0 Å². The highest BCUT2D eigenvalue weighted by molar-refractivity contribution is 7.87. The van der Waals surface area contributed by atoms with E-state index in [4.69, 9.17) is 15.3 Å². The zero-order chi connectivity index (χ0) is 28.4. The Morgan fingerprint density at radius 2 is 1.03 bits per heavy atom. The van der Waals surface area contributed by atoms with Crippen LogP contribution in [0.2, 0.25) is 0 Å². The molecule has 0 heterocycles. The summed E-state index contributed by atoms with van der Waals surface area (Å²) in [5.74, 6) is -4.55. The molecule has 0 aliphatic rings. The standard InChI is InChI=1S/C18H34O7S.C6H15NO3/c1-5-9-13(10-6-2)18(17(21)22,14(11-7-3)12-8-4)15(16(19)20)26(23,24)25;8-4-1-7(2-5-9)3-6-10/h13-15H,5-12H2,1-4H3,(H,19,20)(H,21,22)(H,23,24,25);8-10H,1-6H2. The summed E-state index contributed by atoms with van der Waals surface area (Å²) in [4.78, 5) is 26.3. The molecule has 11 nitrogen and oxygen atoms in total. The van der Waals surface area contributed by atoms with Crippen LogP contribution in [0.3, 0.4) is 0 Å². The molecular weight excluding hydrogens is 494 g/mol. The highest BCUT2D eigenvalue weighted by atomic mass is 32.2. The van der Waals surface area contributed by atoms with Gasteiger partial charge in [0.25, 0.3) is 10.1 Å². The first-order chi connectivity index (χ1) is 16.9. The topological polar surface area (TPSA) is 193 Å². The van der Waals surface area contributed by atoms with Gasteiger partial charge in [0.2, 0.25) is 0 Å². The molecule has 1 unspecified atom stereocenters. The molecule has 0 spiro atoms. The van der Waals surface area contributed by atoms with E-state index < -0.39 is 44.6 Å². The number of hydrogen-bond donors (Lipinski definition) is 6. The summed E-state index contributed by atoms with van der Waals surface area (Å²) < 4.78 is 33.9. The quantitative estimate of drug-likeness (QED) is 0.123. The van der Waals surface area contributed by atoms with Gasteiger partial charge in [0, 0.05) is 19.6 Å². The van der Waals surface area contributed by atoms with E-state index in [0.717, 1.165) is 0 Å².